The van der Waals surface area contributed by atoms with Gasteiger partial charge >= 0.3 is 5.97 Å². The molecule has 1 aromatic rings. The van der Waals surface area contributed by atoms with Crippen molar-refractivity contribution in [1.82, 2.24) is 0 Å². The molecule has 0 aliphatic heterocycles. The zero-order valence-corrected chi connectivity index (χ0v) is 12.5. The molecule has 1 atom stereocenters. The topological polar surface area (TPSA) is 84.9 Å². The molecule has 0 aromatic heterocycles. The van der Waals surface area contributed by atoms with E-state index in [1.165, 1.54) is 6.07 Å². The minimum Gasteiger partial charge on any atom is -0.478 e. The zero-order valence-electron chi connectivity index (χ0n) is 12.5. The molecule has 21 heavy (non-hydrogen) atoms. The van der Waals surface area contributed by atoms with Crippen molar-refractivity contribution < 1.29 is 24.2 Å². The smallest absolute Gasteiger partial charge is 0.337 e. The number of anilines is 1. The predicted molar refractivity (Wildman–Crippen MR) is 78.7 cm³/mol. The largest absolute Gasteiger partial charge is 0.478 e. The van der Waals surface area contributed by atoms with Gasteiger partial charge in [0.1, 0.15) is 6.10 Å². The van der Waals surface area contributed by atoms with Crippen LogP contribution in [0.3, 0.4) is 0 Å². The molecule has 0 saturated carbocycles. The molecule has 0 spiro atoms. The Morgan fingerprint density at radius 1 is 1.33 bits per heavy atom. The summed E-state index contributed by atoms with van der Waals surface area (Å²) in [6.45, 7) is 6.59. The lowest BCUT2D eigenvalue weighted by molar-refractivity contribution is -0.127. The Bertz CT molecular complexity index is 501. The van der Waals surface area contributed by atoms with Crippen LogP contribution in [0.15, 0.2) is 18.2 Å². The molecule has 6 heteroatoms. The minimum absolute atomic E-state index is 0.0601. The highest BCUT2D eigenvalue weighted by atomic mass is 16.5. The number of ether oxygens (including phenoxy) is 2. The van der Waals surface area contributed by atoms with E-state index in [1.54, 1.807) is 26.0 Å². The molecule has 1 rings (SSSR count). The number of carbonyl (C=O) groups is 2. The summed E-state index contributed by atoms with van der Waals surface area (Å²) in [5, 5.41) is 11.7. The first-order valence-electron chi connectivity index (χ1n) is 6.79. The van der Waals surface area contributed by atoms with Gasteiger partial charge in [-0.2, -0.15) is 0 Å². The maximum atomic E-state index is 12.0. The first-order valence-corrected chi connectivity index (χ1v) is 6.79. The Labute approximate surface area is 124 Å². The Morgan fingerprint density at radius 2 is 2.05 bits per heavy atom. The number of nitrogens with one attached hydrogen (secondary N) is 1. The van der Waals surface area contributed by atoms with E-state index < -0.39 is 18.0 Å². The molecule has 0 bridgehead atoms. The second kappa shape index (κ2) is 8.39. The summed E-state index contributed by atoms with van der Waals surface area (Å²) in [7, 11) is 0. The number of carboxylic acid groups (broad SMARTS) is 1. The van der Waals surface area contributed by atoms with Crippen LogP contribution in [0.1, 0.15) is 29.8 Å². The van der Waals surface area contributed by atoms with Gasteiger partial charge in [-0.3, -0.25) is 4.79 Å². The molecule has 1 aromatic carbocycles. The molecule has 6 nitrogen and oxygen atoms in total. The molecular weight excluding hydrogens is 274 g/mol. The molecular formula is C15H21NO5. The van der Waals surface area contributed by atoms with Gasteiger partial charge in [0.05, 0.1) is 24.5 Å². The molecule has 1 unspecified atom stereocenters. The Hall–Kier alpha value is -1.92. The van der Waals surface area contributed by atoms with Gasteiger partial charge in [-0.15, -0.1) is 0 Å². The lowest BCUT2D eigenvalue weighted by Gasteiger charge is -2.15. The van der Waals surface area contributed by atoms with Crippen LogP contribution in [0.2, 0.25) is 0 Å². The second-order valence-electron chi connectivity index (χ2n) is 4.55. The fourth-order valence-corrected chi connectivity index (χ4v) is 1.68. The van der Waals surface area contributed by atoms with Crippen LogP contribution in [0.4, 0.5) is 5.69 Å². The summed E-state index contributed by atoms with van der Waals surface area (Å²) in [6.07, 6.45) is -0.687. The van der Waals surface area contributed by atoms with E-state index >= 15 is 0 Å². The zero-order chi connectivity index (χ0) is 15.8. The van der Waals surface area contributed by atoms with Gasteiger partial charge in [0.2, 0.25) is 0 Å². The van der Waals surface area contributed by atoms with E-state index in [0.29, 0.717) is 19.8 Å². The van der Waals surface area contributed by atoms with Gasteiger partial charge in [0, 0.05) is 6.61 Å². The lowest BCUT2D eigenvalue weighted by Crippen LogP contribution is -2.29. The fraction of sp³-hybridized carbons (Fsp3) is 0.467. The number of benzene rings is 1. The van der Waals surface area contributed by atoms with E-state index in [9.17, 15) is 9.59 Å². The van der Waals surface area contributed by atoms with Crippen molar-refractivity contribution in [1.29, 1.82) is 0 Å². The normalized spacial score (nSPS) is 12.0. The van der Waals surface area contributed by atoms with Crippen molar-refractivity contribution in [3.63, 3.8) is 0 Å². The molecule has 0 saturated heterocycles. The van der Waals surface area contributed by atoms with Crippen molar-refractivity contribution in [2.75, 3.05) is 25.1 Å². The standard InChI is InChI=1S/C15H21NO5/c1-4-20-7-8-21-11(3)14(17)16-13-6-5-10(2)9-12(13)15(18)19/h5-6,9,11H,4,7-8H2,1-3H3,(H,16,17)(H,18,19). The minimum atomic E-state index is -1.08. The van der Waals surface area contributed by atoms with Gasteiger partial charge in [0.25, 0.3) is 5.91 Å². The summed E-state index contributed by atoms with van der Waals surface area (Å²) >= 11 is 0. The molecule has 116 valence electrons. The third-order valence-corrected chi connectivity index (χ3v) is 2.83. The van der Waals surface area contributed by atoms with E-state index in [1.807, 2.05) is 6.92 Å². The number of amides is 1. The molecule has 2 N–H and O–H groups in total. The summed E-state index contributed by atoms with van der Waals surface area (Å²) in [4.78, 5) is 23.1. The van der Waals surface area contributed by atoms with Gasteiger partial charge in [-0.25, -0.2) is 4.79 Å². The monoisotopic (exact) mass is 295 g/mol. The van der Waals surface area contributed by atoms with E-state index in [0.717, 1.165) is 5.56 Å². The number of hydrogen-bond donors (Lipinski definition) is 2. The summed E-state index contributed by atoms with van der Waals surface area (Å²) in [5.74, 6) is -1.48. The number of hydrogen-bond acceptors (Lipinski definition) is 4. The number of carboxylic acids is 1. The first-order chi connectivity index (χ1) is 9.95. The van der Waals surface area contributed by atoms with Gasteiger partial charge in [-0.1, -0.05) is 11.6 Å². The van der Waals surface area contributed by atoms with Crippen molar-refractivity contribution in [3.8, 4) is 0 Å². The SMILES string of the molecule is CCOCCOC(C)C(=O)Nc1ccc(C)cc1C(=O)O. The highest BCUT2D eigenvalue weighted by Crippen LogP contribution is 2.18. The van der Waals surface area contributed by atoms with Crippen LogP contribution in [0.5, 0.6) is 0 Å². The van der Waals surface area contributed by atoms with Crippen LogP contribution in [-0.4, -0.2) is 42.9 Å². The average Bonchev–Trinajstić information content (AvgIpc) is 2.44. The third kappa shape index (κ3) is 5.53. The van der Waals surface area contributed by atoms with Crippen molar-refractivity contribution in [2.24, 2.45) is 0 Å². The molecule has 0 aliphatic rings. The first kappa shape index (κ1) is 17.1. The summed E-state index contributed by atoms with van der Waals surface area (Å²) in [6, 6.07) is 4.82. The number of carbonyl (C=O) groups excluding carboxylic acids is 1. The third-order valence-electron chi connectivity index (χ3n) is 2.83. The second-order valence-corrected chi connectivity index (χ2v) is 4.55. The predicted octanol–water partition coefficient (Wildman–Crippen LogP) is 2.07. The Kier molecular flexibility index (Phi) is 6.84. The highest BCUT2D eigenvalue weighted by molar-refractivity contribution is 6.01. The van der Waals surface area contributed by atoms with Crippen molar-refractivity contribution in [3.05, 3.63) is 29.3 Å². The maximum Gasteiger partial charge on any atom is 0.337 e. The van der Waals surface area contributed by atoms with E-state index in [2.05, 4.69) is 5.32 Å². The number of aromatic carboxylic acids is 1. The van der Waals surface area contributed by atoms with Crippen LogP contribution in [-0.2, 0) is 14.3 Å². The summed E-state index contributed by atoms with van der Waals surface area (Å²) < 4.78 is 10.4. The number of rotatable bonds is 8. The van der Waals surface area contributed by atoms with Gasteiger partial charge in [0.15, 0.2) is 0 Å². The van der Waals surface area contributed by atoms with Gasteiger partial charge in [-0.05, 0) is 32.9 Å². The highest BCUT2D eigenvalue weighted by Gasteiger charge is 2.17. The van der Waals surface area contributed by atoms with Crippen LogP contribution in [0, 0.1) is 6.92 Å². The van der Waals surface area contributed by atoms with Crippen LogP contribution in [0.25, 0.3) is 0 Å². The van der Waals surface area contributed by atoms with E-state index in [-0.39, 0.29) is 11.3 Å². The molecule has 1 amide bonds. The summed E-state index contributed by atoms with van der Waals surface area (Å²) in [5.41, 5.74) is 1.13. The molecule has 0 heterocycles. The Morgan fingerprint density at radius 3 is 2.67 bits per heavy atom. The lowest BCUT2D eigenvalue weighted by atomic mass is 10.1. The quantitative estimate of drug-likeness (QED) is 0.717. The van der Waals surface area contributed by atoms with Crippen LogP contribution >= 0.6 is 0 Å². The molecule has 0 aliphatic carbocycles. The average molecular weight is 295 g/mol. The fourth-order valence-electron chi connectivity index (χ4n) is 1.68. The van der Waals surface area contributed by atoms with Crippen molar-refractivity contribution >= 4 is 17.6 Å². The van der Waals surface area contributed by atoms with E-state index in [4.69, 9.17) is 14.6 Å². The number of aryl methyl sites for hydroxylation is 1. The molecule has 0 radical (unpaired) electrons. The van der Waals surface area contributed by atoms with Crippen LogP contribution < -0.4 is 5.32 Å². The van der Waals surface area contributed by atoms with Crippen molar-refractivity contribution in [2.45, 2.75) is 26.9 Å². The maximum absolute atomic E-state index is 12.0. The van der Waals surface area contributed by atoms with Gasteiger partial charge < -0.3 is 19.9 Å². The Balaban J connectivity index is 2.64. The molecule has 0 fully saturated rings.